The summed E-state index contributed by atoms with van der Waals surface area (Å²) in [5, 5.41) is 6.15. The van der Waals surface area contributed by atoms with E-state index in [4.69, 9.17) is 20.8 Å². The molecule has 1 amide bonds. The summed E-state index contributed by atoms with van der Waals surface area (Å²) >= 11 is 6.20. The molecular weight excluding hydrogens is 452 g/mol. The van der Waals surface area contributed by atoms with Gasteiger partial charge in [-0.1, -0.05) is 17.7 Å². The molecule has 174 valence electrons. The van der Waals surface area contributed by atoms with Gasteiger partial charge in [0, 0.05) is 5.56 Å². The van der Waals surface area contributed by atoms with E-state index >= 15 is 0 Å². The van der Waals surface area contributed by atoms with Gasteiger partial charge >= 0.3 is 5.97 Å². The zero-order valence-corrected chi connectivity index (χ0v) is 20.4. The van der Waals surface area contributed by atoms with Gasteiger partial charge in [-0.3, -0.25) is 4.79 Å². The molecule has 1 aliphatic rings. The van der Waals surface area contributed by atoms with Crippen LogP contribution in [0.1, 0.15) is 48.0 Å². The smallest absolute Gasteiger partial charge is 0.339 e. The van der Waals surface area contributed by atoms with E-state index in [1.807, 2.05) is 32.0 Å². The number of hydrazone groups is 1. The Bertz CT molecular complexity index is 1350. The monoisotopic (exact) mass is 476 g/mol. The first-order chi connectivity index (χ1) is 16.1. The number of ether oxygens (including phenoxy) is 1. The Morgan fingerprint density at radius 3 is 2.53 bits per heavy atom. The maximum Gasteiger partial charge on any atom is 0.339 e. The van der Waals surface area contributed by atoms with Crippen molar-refractivity contribution in [1.82, 2.24) is 0 Å². The third-order valence-electron chi connectivity index (χ3n) is 5.52. The van der Waals surface area contributed by atoms with Crippen molar-refractivity contribution in [2.75, 3.05) is 5.01 Å². The van der Waals surface area contributed by atoms with Gasteiger partial charge < -0.3 is 9.15 Å². The summed E-state index contributed by atoms with van der Waals surface area (Å²) in [5.74, 6) is 0.318. The lowest BCUT2D eigenvalue weighted by Gasteiger charge is -2.13. The lowest BCUT2D eigenvalue weighted by molar-refractivity contribution is -0.114. The minimum absolute atomic E-state index is 0.219. The summed E-state index contributed by atoms with van der Waals surface area (Å²) in [5.41, 5.74) is 4.95. The fraction of sp³-hybridized carbons (Fsp3) is 0.222. The molecule has 0 saturated heterocycles. The van der Waals surface area contributed by atoms with Crippen LogP contribution in [0.25, 0.3) is 17.4 Å². The fourth-order valence-corrected chi connectivity index (χ4v) is 3.75. The van der Waals surface area contributed by atoms with Crippen LogP contribution in [-0.4, -0.2) is 23.7 Å². The van der Waals surface area contributed by atoms with Crippen LogP contribution in [0.4, 0.5) is 5.69 Å². The Morgan fingerprint density at radius 1 is 1.06 bits per heavy atom. The van der Waals surface area contributed by atoms with E-state index in [0.29, 0.717) is 33.4 Å². The predicted molar refractivity (Wildman–Crippen MR) is 134 cm³/mol. The number of hydrogen-bond donors (Lipinski definition) is 0. The summed E-state index contributed by atoms with van der Waals surface area (Å²) in [4.78, 5) is 25.4. The third kappa shape index (κ3) is 4.68. The van der Waals surface area contributed by atoms with Crippen molar-refractivity contribution in [3.63, 3.8) is 0 Å². The summed E-state index contributed by atoms with van der Waals surface area (Å²) < 4.78 is 11.2. The number of furan rings is 1. The first-order valence-electron chi connectivity index (χ1n) is 10.9. The van der Waals surface area contributed by atoms with E-state index in [2.05, 4.69) is 5.10 Å². The molecule has 0 spiro atoms. The van der Waals surface area contributed by atoms with Gasteiger partial charge in [0.15, 0.2) is 0 Å². The molecule has 2 aromatic carbocycles. The van der Waals surface area contributed by atoms with Crippen LogP contribution in [0.3, 0.4) is 0 Å². The van der Waals surface area contributed by atoms with Crippen molar-refractivity contribution < 1.29 is 18.7 Å². The molecule has 7 heteroatoms. The average Bonchev–Trinajstić information content (AvgIpc) is 3.36. The number of halogens is 1. The van der Waals surface area contributed by atoms with Crippen LogP contribution in [-0.2, 0) is 9.53 Å². The number of esters is 1. The van der Waals surface area contributed by atoms with Gasteiger partial charge in [0.2, 0.25) is 0 Å². The predicted octanol–water partition coefficient (Wildman–Crippen LogP) is 6.59. The van der Waals surface area contributed by atoms with Gasteiger partial charge in [-0.2, -0.15) is 10.1 Å². The van der Waals surface area contributed by atoms with Gasteiger partial charge in [0.1, 0.15) is 11.5 Å². The van der Waals surface area contributed by atoms with Crippen LogP contribution in [0.15, 0.2) is 63.6 Å². The number of amides is 1. The Kier molecular flexibility index (Phi) is 6.44. The molecule has 0 N–H and O–H groups in total. The number of aryl methyl sites for hydroxylation is 2. The topological polar surface area (TPSA) is 72.1 Å². The van der Waals surface area contributed by atoms with Crippen LogP contribution in [0.5, 0.6) is 0 Å². The molecule has 4 rings (SSSR count). The molecule has 1 aliphatic heterocycles. The van der Waals surface area contributed by atoms with E-state index < -0.39 is 5.97 Å². The molecule has 0 fully saturated rings. The first kappa shape index (κ1) is 23.5. The Balaban J connectivity index is 1.60. The number of anilines is 1. The quantitative estimate of drug-likeness (QED) is 0.307. The highest BCUT2D eigenvalue weighted by Gasteiger charge is 2.29. The van der Waals surface area contributed by atoms with E-state index in [0.717, 1.165) is 16.8 Å². The summed E-state index contributed by atoms with van der Waals surface area (Å²) in [6.07, 6.45) is 1.42. The molecule has 34 heavy (non-hydrogen) atoms. The fourth-order valence-electron chi connectivity index (χ4n) is 3.56. The summed E-state index contributed by atoms with van der Waals surface area (Å²) in [6, 6.07) is 14.4. The van der Waals surface area contributed by atoms with E-state index in [9.17, 15) is 9.59 Å². The van der Waals surface area contributed by atoms with Crippen LogP contribution in [0.2, 0.25) is 5.02 Å². The van der Waals surface area contributed by atoms with E-state index in [-0.39, 0.29) is 17.6 Å². The Morgan fingerprint density at radius 2 is 1.82 bits per heavy atom. The normalized spacial score (nSPS) is 14.8. The number of hydrogen-bond acceptors (Lipinski definition) is 5. The van der Waals surface area contributed by atoms with E-state index in [1.54, 1.807) is 57.2 Å². The highest BCUT2D eigenvalue weighted by molar-refractivity contribution is 6.33. The van der Waals surface area contributed by atoms with Crippen molar-refractivity contribution >= 4 is 41.0 Å². The van der Waals surface area contributed by atoms with Gasteiger partial charge in [0.25, 0.3) is 5.91 Å². The first-order valence-corrected chi connectivity index (χ1v) is 11.3. The third-order valence-corrected chi connectivity index (χ3v) is 5.85. The molecule has 0 atom stereocenters. The van der Waals surface area contributed by atoms with Crippen molar-refractivity contribution in [3.8, 4) is 11.3 Å². The van der Waals surface area contributed by atoms with Crippen molar-refractivity contribution in [3.05, 3.63) is 81.6 Å². The molecule has 6 nitrogen and oxygen atoms in total. The lowest BCUT2D eigenvalue weighted by atomic mass is 10.1. The standard InChI is InChI=1S/C27H25ClN2O4/c1-15(2)33-27(32)23-13-19(7-10-24(23)28)25-11-9-21(34-25)14-22-18(5)29-30(26(22)31)20-8-6-16(3)17(4)12-20/h6-15H,1-5H3/b22-14-. The molecule has 1 aromatic heterocycles. The molecule has 0 radical (unpaired) electrons. The second-order valence-corrected chi connectivity index (χ2v) is 8.89. The summed E-state index contributed by atoms with van der Waals surface area (Å²) in [7, 11) is 0. The zero-order valence-electron chi connectivity index (χ0n) is 19.7. The lowest BCUT2D eigenvalue weighted by Crippen LogP contribution is -2.21. The summed E-state index contributed by atoms with van der Waals surface area (Å²) in [6.45, 7) is 9.37. The Hall–Kier alpha value is -3.64. The SMILES string of the molecule is CC1=NN(c2ccc(C)c(C)c2)C(=O)/C1=C\c1ccc(-c2ccc(Cl)c(C(=O)OC(C)C)c2)o1. The molecule has 0 unspecified atom stereocenters. The van der Waals surface area contributed by atoms with Crippen LogP contribution < -0.4 is 5.01 Å². The minimum Gasteiger partial charge on any atom is -0.459 e. The number of benzene rings is 2. The van der Waals surface area contributed by atoms with Crippen LogP contribution in [0, 0.1) is 13.8 Å². The molecule has 0 saturated carbocycles. The van der Waals surface area contributed by atoms with Gasteiger partial charge in [0.05, 0.1) is 33.7 Å². The highest BCUT2D eigenvalue weighted by atomic mass is 35.5. The second-order valence-electron chi connectivity index (χ2n) is 8.48. The number of rotatable bonds is 5. The largest absolute Gasteiger partial charge is 0.459 e. The van der Waals surface area contributed by atoms with Gasteiger partial charge in [-0.25, -0.2) is 4.79 Å². The molecular formula is C27H25ClN2O4. The molecule has 3 aromatic rings. The number of carbonyl (C=O) groups is 2. The second kappa shape index (κ2) is 9.31. The zero-order chi connectivity index (χ0) is 24.6. The van der Waals surface area contributed by atoms with E-state index in [1.165, 1.54) is 5.01 Å². The van der Waals surface area contributed by atoms with Gasteiger partial charge in [-0.15, -0.1) is 0 Å². The number of nitrogens with zero attached hydrogens (tertiary/aromatic N) is 2. The molecule has 2 heterocycles. The maximum absolute atomic E-state index is 13.1. The average molecular weight is 477 g/mol. The Labute approximate surface area is 203 Å². The van der Waals surface area contributed by atoms with Crippen molar-refractivity contribution in [2.45, 2.75) is 40.7 Å². The van der Waals surface area contributed by atoms with Crippen molar-refractivity contribution in [2.24, 2.45) is 5.10 Å². The molecule has 0 bridgehead atoms. The maximum atomic E-state index is 13.1. The van der Waals surface area contributed by atoms with Crippen LogP contribution >= 0.6 is 11.6 Å². The number of carbonyl (C=O) groups excluding carboxylic acids is 2. The highest BCUT2D eigenvalue weighted by Crippen LogP contribution is 2.30. The van der Waals surface area contributed by atoms with Gasteiger partial charge in [-0.05, 0) is 94.3 Å². The molecule has 0 aliphatic carbocycles. The minimum atomic E-state index is -0.495. The van der Waals surface area contributed by atoms with Crippen molar-refractivity contribution in [1.29, 1.82) is 0 Å².